The fourth-order valence-electron chi connectivity index (χ4n) is 1.28. The summed E-state index contributed by atoms with van der Waals surface area (Å²) in [5.41, 5.74) is -0.715. The molecule has 82 valence electrons. The summed E-state index contributed by atoms with van der Waals surface area (Å²) in [7, 11) is 1.84. The van der Waals surface area contributed by atoms with Gasteiger partial charge in [-0.2, -0.15) is 4.99 Å². The van der Waals surface area contributed by atoms with Crippen molar-refractivity contribution in [1.29, 1.82) is 0 Å². The smallest absolute Gasteiger partial charge is 0.257 e. The molecule has 0 N–H and O–H groups in total. The number of thiazole rings is 1. The second-order valence-electron chi connectivity index (χ2n) is 3.93. The van der Waals surface area contributed by atoms with Crippen LogP contribution in [0.2, 0.25) is 0 Å². The number of hydrogen-bond acceptors (Lipinski definition) is 2. The normalized spacial score (nSPS) is 29.2. The molecule has 1 aliphatic carbocycles. The third-order valence-electron chi connectivity index (χ3n) is 2.69. The SMILES string of the molecule is Cn1ccsc1=NC(=O)[C@@]1(C)CC1(Cl)Cl. The topological polar surface area (TPSA) is 34.4 Å². The van der Waals surface area contributed by atoms with Gasteiger partial charge in [0.05, 0.1) is 5.41 Å². The summed E-state index contributed by atoms with van der Waals surface area (Å²) in [4.78, 5) is 16.5. The standard InChI is InChI=1S/C9H10Cl2N2OS/c1-8(5-9(8,10)11)6(14)12-7-13(2)3-4-15-7/h3-4H,5H2,1-2H3/t8-/m1/s1. The van der Waals surface area contributed by atoms with E-state index in [2.05, 4.69) is 4.99 Å². The van der Waals surface area contributed by atoms with Gasteiger partial charge in [0.15, 0.2) is 4.80 Å². The number of aryl methyl sites for hydroxylation is 1. The molecule has 1 saturated carbocycles. The minimum Gasteiger partial charge on any atom is -0.327 e. The highest BCUT2D eigenvalue weighted by molar-refractivity contribution is 7.07. The number of alkyl halides is 2. The number of carbonyl (C=O) groups excluding carboxylic acids is 1. The third-order valence-corrected chi connectivity index (χ3v) is 4.64. The first-order chi connectivity index (χ1) is 6.87. The van der Waals surface area contributed by atoms with E-state index in [4.69, 9.17) is 23.2 Å². The van der Waals surface area contributed by atoms with E-state index in [9.17, 15) is 4.79 Å². The molecule has 1 heterocycles. The second-order valence-corrected chi connectivity index (χ2v) is 6.28. The van der Waals surface area contributed by atoms with Gasteiger partial charge in [-0.05, 0) is 13.3 Å². The maximum Gasteiger partial charge on any atom is 0.257 e. The molecule has 2 rings (SSSR count). The van der Waals surface area contributed by atoms with Crippen LogP contribution in [0.4, 0.5) is 0 Å². The van der Waals surface area contributed by atoms with Crippen molar-refractivity contribution in [3.8, 4) is 0 Å². The molecule has 0 aromatic carbocycles. The monoisotopic (exact) mass is 264 g/mol. The summed E-state index contributed by atoms with van der Waals surface area (Å²) in [6.45, 7) is 1.74. The minimum atomic E-state index is -0.941. The van der Waals surface area contributed by atoms with Gasteiger partial charge in [-0.3, -0.25) is 4.79 Å². The van der Waals surface area contributed by atoms with Crippen LogP contribution in [-0.4, -0.2) is 14.8 Å². The number of amides is 1. The average Bonchev–Trinajstić information content (AvgIpc) is 2.48. The largest absolute Gasteiger partial charge is 0.327 e. The van der Waals surface area contributed by atoms with Crippen molar-refractivity contribution in [2.24, 2.45) is 17.5 Å². The van der Waals surface area contributed by atoms with Crippen LogP contribution in [0, 0.1) is 5.41 Å². The predicted octanol–water partition coefficient (Wildman–Crippen LogP) is 2.10. The van der Waals surface area contributed by atoms with Gasteiger partial charge in [0, 0.05) is 18.6 Å². The molecule has 1 aromatic heterocycles. The molecule has 6 heteroatoms. The number of halogens is 2. The van der Waals surface area contributed by atoms with Crippen LogP contribution in [0.25, 0.3) is 0 Å². The van der Waals surface area contributed by atoms with E-state index >= 15 is 0 Å². The molecule has 3 nitrogen and oxygen atoms in total. The number of nitrogens with zero attached hydrogens (tertiary/aromatic N) is 2. The second kappa shape index (κ2) is 3.34. The number of carbonyl (C=O) groups is 1. The molecule has 1 amide bonds. The van der Waals surface area contributed by atoms with Crippen LogP contribution in [0.5, 0.6) is 0 Å². The molecular weight excluding hydrogens is 255 g/mol. The van der Waals surface area contributed by atoms with E-state index in [0.717, 1.165) is 0 Å². The Morgan fingerprint density at radius 1 is 1.67 bits per heavy atom. The summed E-state index contributed by atoms with van der Waals surface area (Å²) in [6, 6.07) is 0. The molecule has 1 aliphatic rings. The van der Waals surface area contributed by atoms with Gasteiger partial charge in [0.2, 0.25) is 0 Å². The van der Waals surface area contributed by atoms with Crippen LogP contribution in [0.15, 0.2) is 16.6 Å². The Hall–Kier alpha value is -0.320. The molecule has 0 aliphatic heterocycles. The van der Waals surface area contributed by atoms with Crippen molar-refractivity contribution in [2.45, 2.75) is 17.7 Å². The molecule has 0 radical (unpaired) electrons. The Kier molecular flexibility index (Phi) is 2.48. The lowest BCUT2D eigenvalue weighted by Gasteiger charge is -2.05. The van der Waals surface area contributed by atoms with Crippen molar-refractivity contribution in [3.05, 3.63) is 16.4 Å². The maximum absolute atomic E-state index is 11.8. The molecule has 1 fully saturated rings. The van der Waals surface area contributed by atoms with Crippen molar-refractivity contribution in [2.75, 3.05) is 0 Å². The van der Waals surface area contributed by atoms with Crippen LogP contribution < -0.4 is 4.80 Å². The van der Waals surface area contributed by atoms with Gasteiger partial charge in [-0.15, -0.1) is 34.5 Å². The molecule has 0 spiro atoms. The first-order valence-corrected chi connectivity index (χ1v) is 6.07. The van der Waals surface area contributed by atoms with E-state index < -0.39 is 9.75 Å². The van der Waals surface area contributed by atoms with Crippen LogP contribution >= 0.6 is 34.5 Å². The van der Waals surface area contributed by atoms with E-state index in [-0.39, 0.29) is 5.91 Å². The van der Waals surface area contributed by atoms with Crippen LogP contribution in [0.1, 0.15) is 13.3 Å². The first kappa shape index (κ1) is 11.2. The molecule has 1 aromatic rings. The Bertz CT molecular complexity index is 476. The Labute approximate surface area is 101 Å². The Morgan fingerprint density at radius 2 is 2.27 bits per heavy atom. The van der Waals surface area contributed by atoms with Crippen molar-refractivity contribution >= 4 is 40.4 Å². The zero-order valence-corrected chi connectivity index (χ0v) is 10.7. The number of aromatic nitrogens is 1. The van der Waals surface area contributed by atoms with Gasteiger partial charge in [-0.1, -0.05) is 0 Å². The summed E-state index contributed by atoms with van der Waals surface area (Å²) < 4.78 is 0.849. The van der Waals surface area contributed by atoms with Gasteiger partial charge in [-0.25, -0.2) is 0 Å². The molecule has 0 bridgehead atoms. The van der Waals surface area contributed by atoms with Gasteiger partial charge >= 0.3 is 0 Å². The molecule has 0 saturated heterocycles. The number of hydrogen-bond donors (Lipinski definition) is 0. The lowest BCUT2D eigenvalue weighted by Crippen LogP contribution is -2.21. The fraction of sp³-hybridized carbons (Fsp3) is 0.556. The Morgan fingerprint density at radius 3 is 2.67 bits per heavy atom. The molecule has 15 heavy (non-hydrogen) atoms. The van der Waals surface area contributed by atoms with E-state index in [1.807, 2.05) is 18.6 Å². The van der Waals surface area contributed by atoms with Crippen molar-refractivity contribution in [3.63, 3.8) is 0 Å². The first-order valence-electron chi connectivity index (χ1n) is 4.44. The summed E-state index contributed by atoms with van der Waals surface area (Å²) in [5, 5.41) is 1.87. The third kappa shape index (κ3) is 1.75. The van der Waals surface area contributed by atoms with Crippen LogP contribution in [-0.2, 0) is 11.8 Å². The average molecular weight is 265 g/mol. The van der Waals surface area contributed by atoms with Crippen LogP contribution in [0.3, 0.4) is 0 Å². The highest BCUT2D eigenvalue weighted by atomic mass is 35.5. The summed E-state index contributed by atoms with van der Waals surface area (Å²) >= 11 is 13.2. The molecular formula is C9H10Cl2N2OS. The van der Waals surface area contributed by atoms with Gasteiger partial charge < -0.3 is 4.57 Å². The zero-order valence-electron chi connectivity index (χ0n) is 8.33. The highest BCUT2D eigenvalue weighted by Crippen LogP contribution is 2.64. The van der Waals surface area contributed by atoms with E-state index in [0.29, 0.717) is 11.2 Å². The Balaban J connectivity index is 2.30. The highest BCUT2D eigenvalue weighted by Gasteiger charge is 2.68. The summed E-state index contributed by atoms with van der Waals surface area (Å²) in [6.07, 6.45) is 2.32. The quantitative estimate of drug-likeness (QED) is 0.716. The van der Waals surface area contributed by atoms with Crippen molar-refractivity contribution < 1.29 is 4.79 Å². The van der Waals surface area contributed by atoms with E-state index in [1.165, 1.54) is 11.3 Å². The lowest BCUT2D eigenvalue weighted by molar-refractivity contribution is -0.122. The maximum atomic E-state index is 11.8. The van der Waals surface area contributed by atoms with Gasteiger partial charge in [0.25, 0.3) is 5.91 Å². The fourth-order valence-corrected chi connectivity index (χ4v) is 2.70. The lowest BCUT2D eigenvalue weighted by atomic mass is 10.1. The minimum absolute atomic E-state index is 0.245. The van der Waals surface area contributed by atoms with Crippen molar-refractivity contribution in [1.82, 2.24) is 4.57 Å². The summed E-state index contributed by atoms with van der Waals surface area (Å²) in [5.74, 6) is -0.245. The predicted molar refractivity (Wildman–Crippen MR) is 61.0 cm³/mol. The zero-order chi connectivity index (χ0) is 11.3. The van der Waals surface area contributed by atoms with Gasteiger partial charge in [0.1, 0.15) is 4.33 Å². The number of rotatable bonds is 1. The molecule has 1 atom stereocenters. The molecule has 0 unspecified atom stereocenters. The van der Waals surface area contributed by atoms with E-state index in [1.54, 1.807) is 11.5 Å².